The molecule has 0 aromatic carbocycles. The Morgan fingerprint density at radius 1 is 1.33 bits per heavy atom. The van der Waals surface area contributed by atoms with Crippen LogP contribution in [-0.4, -0.2) is 76.2 Å². The van der Waals surface area contributed by atoms with Crippen molar-refractivity contribution >= 4 is 25.8 Å². The van der Waals surface area contributed by atoms with Gasteiger partial charge < -0.3 is 10.2 Å². The molecule has 0 bridgehead atoms. The van der Waals surface area contributed by atoms with E-state index in [2.05, 4.69) is 15.0 Å². The summed E-state index contributed by atoms with van der Waals surface area (Å²) >= 11 is 0. The first-order valence-corrected chi connectivity index (χ1v) is 11.5. The van der Waals surface area contributed by atoms with Gasteiger partial charge in [0.15, 0.2) is 15.8 Å². The lowest BCUT2D eigenvalue weighted by Gasteiger charge is -2.39. The fourth-order valence-electron chi connectivity index (χ4n) is 2.44. The van der Waals surface area contributed by atoms with Gasteiger partial charge in [-0.05, 0) is 34.6 Å². The van der Waals surface area contributed by atoms with Gasteiger partial charge in [-0.25, -0.2) is 21.6 Å². The van der Waals surface area contributed by atoms with Crippen LogP contribution in [0.5, 0.6) is 0 Å². The summed E-state index contributed by atoms with van der Waals surface area (Å²) in [6.07, 6.45) is 0. The number of nitrogens with zero attached hydrogens (tertiary/aromatic N) is 2. The van der Waals surface area contributed by atoms with E-state index in [1.807, 2.05) is 11.8 Å². The molecular formula is C14H30N4O4S2. The fourth-order valence-corrected chi connectivity index (χ4v) is 4.97. The number of aliphatic imine (C=N–C) groups is 1. The van der Waals surface area contributed by atoms with Crippen LogP contribution in [0.2, 0.25) is 0 Å². The van der Waals surface area contributed by atoms with Crippen LogP contribution in [-0.2, 0) is 19.9 Å². The first-order valence-electron chi connectivity index (χ1n) is 8.16. The SMILES string of the molecule is CCNC(=NCCS(=O)(=O)NC(C)C)N1CCS(=O)(=O)C(C)(C)C1. The van der Waals surface area contributed by atoms with Crippen molar-refractivity contribution in [3.8, 4) is 0 Å². The molecule has 0 amide bonds. The van der Waals surface area contributed by atoms with Gasteiger partial charge in [0.2, 0.25) is 10.0 Å². The molecule has 1 aliphatic rings. The summed E-state index contributed by atoms with van der Waals surface area (Å²) < 4.78 is 49.6. The Bertz CT molecular complexity index is 654. The summed E-state index contributed by atoms with van der Waals surface area (Å²) in [6, 6.07) is -0.152. The maximum atomic E-state index is 12.1. The molecule has 24 heavy (non-hydrogen) atoms. The third kappa shape index (κ3) is 5.89. The van der Waals surface area contributed by atoms with Crippen molar-refractivity contribution in [3.63, 3.8) is 0 Å². The Kier molecular flexibility index (Phi) is 7.06. The Morgan fingerprint density at radius 2 is 1.96 bits per heavy atom. The van der Waals surface area contributed by atoms with E-state index < -0.39 is 24.6 Å². The van der Waals surface area contributed by atoms with Gasteiger partial charge in [-0.1, -0.05) is 0 Å². The molecule has 1 rings (SSSR count). The highest BCUT2D eigenvalue weighted by atomic mass is 32.2. The minimum absolute atomic E-state index is 0.0671. The summed E-state index contributed by atoms with van der Waals surface area (Å²) in [5.74, 6) is 0.521. The number of rotatable bonds is 6. The van der Waals surface area contributed by atoms with Gasteiger partial charge in [0.05, 0.1) is 22.8 Å². The van der Waals surface area contributed by atoms with Crippen molar-refractivity contribution in [2.45, 2.75) is 45.4 Å². The number of guanidine groups is 1. The zero-order valence-corrected chi connectivity index (χ0v) is 16.8. The monoisotopic (exact) mass is 382 g/mol. The number of sulfone groups is 1. The van der Waals surface area contributed by atoms with E-state index in [0.29, 0.717) is 25.6 Å². The van der Waals surface area contributed by atoms with Crippen LogP contribution in [0.1, 0.15) is 34.6 Å². The second kappa shape index (κ2) is 8.01. The minimum atomic E-state index is -3.36. The molecule has 0 aliphatic carbocycles. The number of sulfonamides is 1. The Labute approximate surface area is 146 Å². The number of nitrogens with one attached hydrogen (secondary N) is 2. The van der Waals surface area contributed by atoms with E-state index >= 15 is 0 Å². The maximum Gasteiger partial charge on any atom is 0.213 e. The van der Waals surface area contributed by atoms with Gasteiger partial charge >= 0.3 is 0 Å². The van der Waals surface area contributed by atoms with Crippen LogP contribution in [0.15, 0.2) is 4.99 Å². The topological polar surface area (TPSA) is 108 Å². The first-order chi connectivity index (χ1) is 10.9. The molecule has 0 unspecified atom stereocenters. The molecule has 0 aromatic rings. The zero-order chi connectivity index (χ0) is 18.6. The lowest BCUT2D eigenvalue weighted by atomic mass is 10.2. The normalized spacial score (nSPS) is 21.1. The fraction of sp³-hybridized carbons (Fsp3) is 0.929. The van der Waals surface area contributed by atoms with Gasteiger partial charge in [-0.2, -0.15) is 0 Å². The van der Waals surface area contributed by atoms with Crippen LogP contribution in [0, 0.1) is 0 Å². The molecule has 1 fully saturated rings. The summed E-state index contributed by atoms with van der Waals surface area (Å²) in [5.41, 5.74) is 0. The highest BCUT2D eigenvalue weighted by Gasteiger charge is 2.40. The average Bonchev–Trinajstić information content (AvgIpc) is 2.39. The molecule has 0 radical (unpaired) electrons. The van der Waals surface area contributed by atoms with E-state index in [4.69, 9.17) is 0 Å². The zero-order valence-electron chi connectivity index (χ0n) is 15.2. The second-order valence-corrected chi connectivity index (χ2v) is 11.4. The summed E-state index contributed by atoms with van der Waals surface area (Å²) in [7, 11) is -6.49. The van der Waals surface area contributed by atoms with E-state index in [0.717, 1.165) is 0 Å². The smallest absolute Gasteiger partial charge is 0.213 e. The van der Waals surface area contributed by atoms with E-state index in [-0.39, 0.29) is 24.1 Å². The van der Waals surface area contributed by atoms with Gasteiger partial charge in [-0.15, -0.1) is 0 Å². The van der Waals surface area contributed by atoms with Gasteiger partial charge in [-0.3, -0.25) is 4.99 Å². The molecule has 10 heteroatoms. The highest BCUT2D eigenvalue weighted by molar-refractivity contribution is 7.92. The van der Waals surface area contributed by atoms with Crippen molar-refractivity contribution in [2.24, 2.45) is 4.99 Å². The lowest BCUT2D eigenvalue weighted by molar-refractivity contribution is 0.353. The first kappa shape index (κ1) is 21.2. The van der Waals surface area contributed by atoms with Crippen LogP contribution in [0.25, 0.3) is 0 Å². The van der Waals surface area contributed by atoms with Crippen LogP contribution in [0.4, 0.5) is 0 Å². The molecule has 8 nitrogen and oxygen atoms in total. The van der Waals surface area contributed by atoms with E-state index in [1.54, 1.807) is 27.7 Å². The molecule has 142 valence electrons. The maximum absolute atomic E-state index is 12.1. The number of hydrogen-bond donors (Lipinski definition) is 2. The van der Waals surface area contributed by atoms with Crippen LogP contribution in [0.3, 0.4) is 0 Å². The predicted octanol–water partition coefficient (Wildman–Crippen LogP) is -0.211. The largest absolute Gasteiger partial charge is 0.357 e. The van der Waals surface area contributed by atoms with Crippen molar-refractivity contribution in [1.82, 2.24) is 14.9 Å². The van der Waals surface area contributed by atoms with E-state index in [1.165, 1.54) is 0 Å². The second-order valence-electron chi connectivity index (χ2n) is 6.83. The molecule has 2 N–H and O–H groups in total. The summed E-state index contributed by atoms with van der Waals surface area (Å²) in [4.78, 5) is 6.24. The van der Waals surface area contributed by atoms with Crippen molar-refractivity contribution in [2.75, 3.05) is 37.7 Å². The molecular weight excluding hydrogens is 352 g/mol. The van der Waals surface area contributed by atoms with Gasteiger partial charge in [0.25, 0.3) is 0 Å². The molecule has 0 spiro atoms. The quantitative estimate of drug-likeness (QED) is 0.486. The molecule has 0 saturated carbocycles. The van der Waals surface area contributed by atoms with Crippen molar-refractivity contribution < 1.29 is 16.8 Å². The standard InChI is InChI=1S/C14H30N4O4S2/c1-6-15-13(16-7-9-24(21,22)17-12(2)3)18-8-10-23(19,20)14(4,5)11-18/h12,17H,6-11H2,1-5H3,(H,15,16). The summed E-state index contributed by atoms with van der Waals surface area (Å²) in [6.45, 7) is 10.3. The molecule has 1 heterocycles. The third-order valence-electron chi connectivity index (χ3n) is 3.71. The highest BCUT2D eigenvalue weighted by Crippen LogP contribution is 2.23. The van der Waals surface area contributed by atoms with Crippen LogP contribution < -0.4 is 10.0 Å². The predicted molar refractivity (Wildman–Crippen MR) is 97.5 cm³/mol. The summed E-state index contributed by atoms with van der Waals surface area (Å²) in [5, 5.41) is 3.11. The molecule has 1 saturated heterocycles. The Balaban J connectivity index is 2.80. The lowest BCUT2D eigenvalue weighted by Crippen LogP contribution is -2.57. The minimum Gasteiger partial charge on any atom is -0.357 e. The van der Waals surface area contributed by atoms with Crippen molar-refractivity contribution in [3.05, 3.63) is 0 Å². The average molecular weight is 383 g/mol. The van der Waals surface area contributed by atoms with E-state index in [9.17, 15) is 16.8 Å². The molecule has 0 atom stereocenters. The van der Waals surface area contributed by atoms with Gasteiger partial charge in [0.1, 0.15) is 0 Å². The van der Waals surface area contributed by atoms with Crippen molar-refractivity contribution in [1.29, 1.82) is 0 Å². The van der Waals surface area contributed by atoms with Crippen LogP contribution >= 0.6 is 0 Å². The van der Waals surface area contributed by atoms with Gasteiger partial charge in [0, 0.05) is 25.7 Å². The Morgan fingerprint density at radius 3 is 2.46 bits per heavy atom. The number of hydrogen-bond acceptors (Lipinski definition) is 5. The molecule has 1 aliphatic heterocycles. The molecule has 0 aromatic heterocycles. The Hall–Kier alpha value is -0.870. The third-order valence-corrected chi connectivity index (χ3v) is 7.80.